The molecule has 0 fully saturated rings. The molecule has 0 aliphatic carbocycles. The Kier molecular flexibility index (Phi) is 9.99. The van der Waals surface area contributed by atoms with Crippen LogP contribution in [0.2, 0.25) is 0 Å². The number of nitrogens with zero attached hydrogens (tertiary/aromatic N) is 4. The number of ether oxygens (including phenoxy) is 1. The second kappa shape index (κ2) is 12.9. The molecule has 0 atom stereocenters. The molecule has 0 radical (unpaired) electrons. The molecule has 1 N–H and O–H groups in total. The number of aryl methyl sites for hydroxylation is 2. The van der Waals surface area contributed by atoms with E-state index >= 15 is 4.39 Å². The normalized spacial score (nSPS) is 11.6. The summed E-state index contributed by atoms with van der Waals surface area (Å²) in [6.07, 6.45) is 2.41. The molecule has 3 rings (SSSR count). The van der Waals surface area contributed by atoms with E-state index in [1.807, 2.05) is 31.2 Å². The number of alkyl halides is 1. The summed E-state index contributed by atoms with van der Waals surface area (Å²) in [7, 11) is 3.23. The molecule has 36 heavy (non-hydrogen) atoms. The summed E-state index contributed by atoms with van der Waals surface area (Å²) in [5, 5.41) is 12.5. The number of aromatic nitrogens is 2. The second-order valence-corrected chi connectivity index (χ2v) is 10.7. The number of hydrogen-bond acceptors (Lipinski definition) is 8. The van der Waals surface area contributed by atoms with Gasteiger partial charge in [0.25, 0.3) is 0 Å². The molecule has 2 aromatic carbocycles. The summed E-state index contributed by atoms with van der Waals surface area (Å²) in [4.78, 5) is 17.6. The second-order valence-electron chi connectivity index (χ2n) is 7.94. The van der Waals surface area contributed by atoms with E-state index in [2.05, 4.69) is 10.1 Å². The van der Waals surface area contributed by atoms with Gasteiger partial charge in [-0.1, -0.05) is 0 Å². The first-order valence-corrected chi connectivity index (χ1v) is 14.8. The average Bonchev–Trinajstić information content (AvgIpc) is 3.32. The minimum absolute atomic E-state index is 0.00774. The van der Waals surface area contributed by atoms with Gasteiger partial charge in [0.2, 0.25) is 0 Å². The van der Waals surface area contributed by atoms with Gasteiger partial charge in [0.05, 0.1) is 0 Å². The van der Waals surface area contributed by atoms with Gasteiger partial charge in [-0.15, -0.1) is 0 Å². The average molecular weight is 625 g/mol. The molecule has 0 aliphatic heterocycles. The van der Waals surface area contributed by atoms with Gasteiger partial charge < -0.3 is 0 Å². The van der Waals surface area contributed by atoms with Crippen molar-refractivity contribution in [2.75, 3.05) is 27.0 Å². The van der Waals surface area contributed by atoms with Gasteiger partial charge in [0.15, 0.2) is 0 Å². The number of halogens is 2. The number of benzene rings is 2. The van der Waals surface area contributed by atoms with Crippen molar-refractivity contribution in [3.8, 4) is 17.1 Å². The van der Waals surface area contributed by atoms with Crippen LogP contribution in [0.5, 0.6) is 5.75 Å². The zero-order chi connectivity index (χ0) is 26.2. The van der Waals surface area contributed by atoms with Crippen LogP contribution >= 0.6 is 11.8 Å². The number of amides is 1. The van der Waals surface area contributed by atoms with Crippen molar-refractivity contribution >= 4 is 28.4 Å². The van der Waals surface area contributed by atoms with Gasteiger partial charge >= 0.3 is 226 Å². The Balaban J connectivity index is 1.82. The molecule has 0 saturated carbocycles. The van der Waals surface area contributed by atoms with Gasteiger partial charge in [-0.2, -0.15) is 0 Å². The summed E-state index contributed by atoms with van der Waals surface area (Å²) < 4.78 is 31.5. The van der Waals surface area contributed by atoms with E-state index in [-0.39, 0.29) is 28.9 Å². The van der Waals surface area contributed by atoms with Crippen LogP contribution in [0.15, 0.2) is 44.1 Å². The first kappa shape index (κ1) is 27.8. The van der Waals surface area contributed by atoms with Crippen molar-refractivity contribution in [2.45, 2.75) is 24.7 Å². The third-order valence-corrected chi connectivity index (χ3v) is 7.78. The fraction of sp³-hybridized carbons (Fsp3) is 0.320. The Morgan fingerprint density at radius 3 is 2.56 bits per heavy atom. The van der Waals surface area contributed by atoms with E-state index in [1.165, 1.54) is 16.7 Å². The Morgan fingerprint density at radius 1 is 1.25 bits per heavy atom. The summed E-state index contributed by atoms with van der Waals surface area (Å²) >= 11 is 0.435. The number of carbonyl (C=O) groups excluding carboxylic acids is 1. The Morgan fingerprint density at radius 2 is 1.97 bits per heavy atom. The van der Waals surface area contributed by atoms with E-state index in [4.69, 9.17) is 17.9 Å². The predicted molar refractivity (Wildman–Crippen MR) is 136 cm³/mol. The standard InChI is InChI=1S/C25H28FIN5O3S/c1-6-16-11-19(22(26)20(12-16)34-14-21(33)32(3)4)23(24(28)36-5)30-27-13-17-7-9-18(10-8-17)25-29-15(2)35-31-25/h7-12,28H,6,13-14H2,1-5H3/q-1. The molecule has 11 heteroatoms. The minimum atomic E-state index is -0.770. The van der Waals surface area contributed by atoms with Crippen molar-refractivity contribution in [1.29, 1.82) is 5.41 Å². The molecule has 0 saturated heterocycles. The van der Waals surface area contributed by atoms with E-state index in [0.717, 1.165) is 16.7 Å². The molecule has 8 nitrogen and oxygen atoms in total. The summed E-state index contributed by atoms with van der Waals surface area (Å²) in [5.74, 6) is 0.163. The summed E-state index contributed by atoms with van der Waals surface area (Å²) in [5.41, 5.74) is 3.32. The van der Waals surface area contributed by atoms with Gasteiger partial charge in [-0.3, -0.25) is 0 Å². The van der Waals surface area contributed by atoms with E-state index < -0.39 is 27.3 Å². The number of hydrogen-bond donors (Lipinski definition) is 1. The summed E-state index contributed by atoms with van der Waals surface area (Å²) in [6.45, 7) is 3.43. The predicted octanol–water partition coefficient (Wildman–Crippen LogP) is 1.55. The van der Waals surface area contributed by atoms with Crippen LogP contribution in [0.1, 0.15) is 29.5 Å². The first-order valence-electron chi connectivity index (χ1n) is 11.1. The van der Waals surface area contributed by atoms with Gasteiger partial charge in [-0.25, -0.2) is 0 Å². The first-order chi connectivity index (χ1) is 17.2. The molecule has 0 aliphatic rings. The quantitative estimate of drug-likeness (QED) is 0.159. The maximum absolute atomic E-state index is 15.5. The molecule has 1 aromatic heterocycles. The molecular weight excluding hydrogens is 596 g/mol. The number of carbonyl (C=O) groups is 1. The van der Waals surface area contributed by atoms with E-state index in [9.17, 15) is 4.79 Å². The molecule has 1 amide bonds. The zero-order valence-electron chi connectivity index (χ0n) is 20.8. The molecule has 0 bridgehead atoms. The Labute approximate surface area is 224 Å². The zero-order valence-corrected chi connectivity index (χ0v) is 23.7. The Hall–Kier alpha value is -2.80. The third kappa shape index (κ3) is 7.12. The van der Waals surface area contributed by atoms with Gasteiger partial charge in [0, 0.05) is 0 Å². The maximum atomic E-state index is 15.5. The number of thioether (sulfide) groups is 1. The monoisotopic (exact) mass is 624 g/mol. The fourth-order valence-corrected chi connectivity index (χ4v) is 5.45. The fourth-order valence-electron chi connectivity index (χ4n) is 3.03. The topological polar surface area (TPSA) is 105 Å². The van der Waals surface area contributed by atoms with E-state index in [0.29, 0.717) is 28.3 Å². The van der Waals surface area contributed by atoms with Crippen molar-refractivity contribution in [3.05, 3.63) is 64.8 Å². The molecule has 0 spiro atoms. The third-order valence-electron chi connectivity index (χ3n) is 5.13. The van der Waals surface area contributed by atoms with Crippen LogP contribution in [0.3, 0.4) is 0 Å². The van der Waals surface area contributed by atoms with Crippen LogP contribution in [0, 0.1) is 18.2 Å². The van der Waals surface area contributed by atoms with Crippen molar-refractivity contribution in [2.24, 2.45) is 3.21 Å². The number of nitrogens with one attached hydrogen (secondary N) is 1. The molecular formula is C25H28FIN5O3S-. The van der Waals surface area contributed by atoms with Crippen LogP contribution in [0.25, 0.3) is 11.4 Å². The van der Waals surface area contributed by atoms with Gasteiger partial charge in [0.1, 0.15) is 0 Å². The SMILES string of the molecule is CCc1cc(OCC(=O)N(C)C)c(F)c(C(=N[I-]Cc2ccc(-c3noc(C)n3)cc2)C(=N)SC)c1. The summed E-state index contributed by atoms with van der Waals surface area (Å²) in [6, 6.07) is 11.2. The van der Waals surface area contributed by atoms with Crippen LogP contribution in [0.4, 0.5) is 4.39 Å². The number of rotatable bonds is 10. The van der Waals surface area contributed by atoms with Crippen molar-refractivity contribution in [3.63, 3.8) is 0 Å². The van der Waals surface area contributed by atoms with Crippen molar-refractivity contribution < 1.29 is 39.9 Å². The van der Waals surface area contributed by atoms with Crippen molar-refractivity contribution in [1.82, 2.24) is 15.0 Å². The van der Waals surface area contributed by atoms with Crippen LogP contribution < -0.4 is 26.2 Å². The molecule has 192 valence electrons. The Bertz CT molecular complexity index is 1260. The molecule has 1 heterocycles. The molecule has 0 unspecified atom stereocenters. The van der Waals surface area contributed by atoms with Crippen LogP contribution in [-0.4, -0.2) is 58.7 Å². The van der Waals surface area contributed by atoms with E-state index in [1.54, 1.807) is 39.4 Å². The molecule has 3 aromatic rings. The van der Waals surface area contributed by atoms with Crippen LogP contribution in [-0.2, 0) is 15.6 Å². The van der Waals surface area contributed by atoms with Gasteiger partial charge in [-0.05, 0) is 0 Å². The number of likely N-dealkylation sites (N-methyl/N-ethyl adjacent to an activating group) is 1.